The van der Waals surface area contributed by atoms with Crippen LogP contribution in [0.5, 0.6) is 0 Å². The SMILES string of the molecule is OC(Cc1ccc(Br)cc1F)C1CSCCS1. The summed E-state index contributed by atoms with van der Waals surface area (Å²) in [6, 6.07) is 5.00. The Morgan fingerprint density at radius 3 is 2.94 bits per heavy atom. The van der Waals surface area contributed by atoms with Gasteiger partial charge >= 0.3 is 0 Å². The topological polar surface area (TPSA) is 20.2 Å². The van der Waals surface area contributed by atoms with Crippen molar-refractivity contribution >= 4 is 39.5 Å². The van der Waals surface area contributed by atoms with Crippen molar-refractivity contribution in [3.05, 3.63) is 34.1 Å². The zero-order chi connectivity index (χ0) is 12.3. The van der Waals surface area contributed by atoms with Gasteiger partial charge < -0.3 is 5.11 Å². The Morgan fingerprint density at radius 2 is 2.29 bits per heavy atom. The van der Waals surface area contributed by atoms with E-state index in [0.717, 1.165) is 21.7 Å². The van der Waals surface area contributed by atoms with Gasteiger partial charge in [-0.05, 0) is 17.7 Å². The van der Waals surface area contributed by atoms with Gasteiger partial charge in [0, 0.05) is 33.4 Å². The summed E-state index contributed by atoms with van der Waals surface area (Å²) in [5.41, 5.74) is 0.594. The van der Waals surface area contributed by atoms with Crippen LogP contribution >= 0.6 is 39.5 Å². The Balaban J connectivity index is 1.99. The van der Waals surface area contributed by atoms with Crippen LogP contribution in [0.15, 0.2) is 22.7 Å². The van der Waals surface area contributed by atoms with E-state index in [1.807, 2.05) is 17.8 Å². The van der Waals surface area contributed by atoms with Crippen LogP contribution in [-0.2, 0) is 6.42 Å². The van der Waals surface area contributed by atoms with Crippen LogP contribution in [0.4, 0.5) is 4.39 Å². The first-order chi connectivity index (χ1) is 8.16. The predicted octanol–water partition coefficient (Wildman–Crippen LogP) is 3.34. The highest BCUT2D eigenvalue weighted by Gasteiger charge is 2.23. The average molecular weight is 337 g/mol. The molecule has 94 valence electrons. The Morgan fingerprint density at radius 1 is 1.47 bits per heavy atom. The van der Waals surface area contributed by atoms with Crippen LogP contribution in [0.1, 0.15) is 5.56 Å². The molecule has 5 heteroatoms. The van der Waals surface area contributed by atoms with E-state index in [1.54, 1.807) is 17.8 Å². The van der Waals surface area contributed by atoms with Gasteiger partial charge in [-0.25, -0.2) is 4.39 Å². The van der Waals surface area contributed by atoms with Crippen molar-refractivity contribution in [3.8, 4) is 0 Å². The number of hydrogen-bond donors (Lipinski definition) is 1. The summed E-state index contributed by atoms with van der Waals surface area (Å²) in [4.78, 5) is 0. The van der Waals surface area contributed by atoms with E-state index in [2.05, 4.69) is 15.9 Å². The third-order valence-electron chi connectivity index (χ3n) is 2.72. The molecule has 1 fully saturated rings. The summed E-state index contributed by atoms with van der Waals surface area (Å²) in [5.74, 6) is 2.95. The fraction of sp³-hybridized carbons (Fsp3) is 0.500. The van der Waals surface area contributed by atoms with Gasteiger partial charge in [0.05, 0.1) is 6.10 Å². The molecule has 1 aromatic carbocycles. The van der Waals surface area contributed by atoms with Gasteiger partial charge in [0.2, 0.25) is 0 Å². The van der Waals surface area contributed by atoms with Crippen LogP contribution in [-0.4, -0.2) is 33.7 Å². The number of hydrogen-bond acceptors (Lipinski definition) is 3. The lowest BCUT2D eigenvalue weighted by Crippen LogP contribution is -2.30. The van der Waals surface area contributed by atoms with Gasteiger partial charge in [-0.2, -0.15) is 23.5 Å². The average Bonchev–Trinajstić information content (AvgIpc) is 2.34. The third-order valence-corrected chi connectivity index (χ3v) is 6.11. The minimum atomic E-state index is -0.455. The van der Waals surface area contributed by atoms with Crippen LogP contribution in [0, 0.1) is 5.82 Å². The third kappa shape index (κ3) is 3.88. The predicted molar refractivity (Wildman–Crippen MR) is 77.4 cm³/mol. The van der Waals surface area contributed by atoms with Crippen molar-refractivity contribution in [1.29, 1.82) is 0 Å². The lowest BCUT2D eigenvalue weighted by Gasteiger charge is -2.25. The summed E-state index contributed by atoms with van der Waals surface area (Å²) < 4.78 is 14.4. The smallest absolute Gasteiger partial charge is 0.127 e. The molecule has 0 aliphatic carbocycles. The number of aliphatic hydroxyl groups is 1. The number of halogens is 2. The summed E-state index contributed by atoms with van der Waals surface area (Å²) >= 11 is 6.89. The zero-order valence-corrected chi connectivity index (χ0v) is 12.5. The van der Waals surface area contributed by atoms with Gasteiger partial charge in [0.15, 0.2) is 0 Å². The molecule has 0 saturated carbocycles. The summed E-state index contributed by atoms with van der Waals surface area (Å²) in [6.07, 6.45) is -0.0550. The minimum absolute atomic E-state index is 0.233. The molecule has 0 spiro atoms. The molecule has 1 N–H and O–H groups in total. The lowest BCUT2D eigenvalue weighted by atomic mass is 10.1. The van der Waals surface area contributed by atoms with E-state index in [-0.39, 0.29) is 11.1 Å². The summed E-state index contributed by atoms with van der Waals surface area (Å²) in [7, 11) is 0. The molecular formula is C12H14BrFOS2. The molecule has 0 aromatic heterocycles. The van der Waals surface area contributed by atoms with Crippen molar-refractivity contribution in [1.82, 2.24) is 0 Å². The number of aliphatic hydroxyl groups excluding tert-OH is 1. The van der Waals surface area contributed by atoms with E-state index in [0.29, 0.717) is 12.0 Å². The lowest BCUT2D eigenvalue weighted by molar-refractivity contribution is 0.176. The molecule has 2 atom stereocenters. The van der Waals surface area contributed by atoms with Gasteiger partial charge in [-0.1, -0.05) is 22.0 Å². The molecule has 1 saturated heterocycles. The van der Waals surface area contributed by atoms with Crippen LogP contribution < -0.4 is 0 Å². The van der Waals surface area contributed by atoms with Crippen molar-refractivity contribution in [3.63, 3.8) is 0 Å². The molecule has 1 aliphatic heterocycles. The second kappa shape index (κ2) is 6.45. The van der Waals surface area contributed by atoms with Crippen molar-refractivity contribution in [2.75, 3.05) is 17.3 Å². The molecule has 2 rings (SSSR count). The largest absolute Gasteiger partial charge is 0.392 e. The van der Waals surface area contributed by atoms with Crippen molar-refractivity contribution in [2.24, 2.45) is 0 Å². The molecule has 0 amide bonds. The maximum atomic E-state index is 13.6. The Labute approximate surface area is 118 Å². The van der Waals surface area contributed by atoms with E-state index in [1.165, 1.54) is 6.07 Å². The maximum absolute atomic E-state index is 13.6. The molecule has 0 radical (unpaired) electrons. The van der Waals surface area contributed by atoms with Gasteiger partial charge in [-0.15, -0.1) is 0 Å². The van der Waals surface area contributed by atoms with Crippen molar-refractivity contribution < 1.29 is 9.50 Å². The normalized spacial score (nSPS) is 22.4. The second-order valence-corrected chi connectivity index (χ2v) is 7.40. The highest BCUT2D eigenvalue weighted by atomic mass is 79.9. The number of rotatable bonds is 3. The maximum Gasteiger partial charge on any atom is 0.127 e. The number of thioether (sulfide) groups is 2. The van der Waals surface area contributed by atoms with E-state index in [4.69, 9.17) is 0 Å². The highest BCUT2D eigenvalue weighted by Crippen LogP contribution is 2.28. The molecule has 1 aliphatic rings. The minimum Gasteiger partial charge on any atom is -0.392 e. The van der Waals surface area contributed by atoms with E-state index >= 15 is 0 Å². The quantitative estimate of drug-likeness (QED) is 0.914. The molecule has 0 bridgehead atoms. The number of benzene rings is 1. The Kier molecular flexibility index (Phi) is 5.21. The Bertz CT molecular complexity index is 383. The highest BCUT2D eigenvalue weighted by molar-refractivity contribution is 9.10. The zero-order valence-electron chi connectivity index (χ0n) is 9.23. The molecular weight excluding hydrogens is 323 g/mol. The van der Waals surface area contributed by atoms with Crippen molar-refractivity contribution in [2.45, 2.75) is 17.8 Å². The molecule has 17 heavy (non-hydrogen) atoms. The molecule has 1 heterocycles. The van der Waals surface area contributed by atoms with E-state index < -0.39 is 6.10 Å². The molecule has 2 unspecified atom stereocenters. The second-order valence-electron chi connectivity index (χ2n) is 3.99. The first-order valence-electron chi connectivity index (χ1n) is 5.48. The van der Waals surface area contributed by atoms with Gasteiger partial charge in [0.1, 0.15) is 5.82 Å². The monoisotopic (exact) mass is 336 g/mol. The fourth-order valence-electron chi connectivity index (χ4n) is 1.77. The van der Waals surface area contributed by atoms with Crippen LogP contribution in [0.2, 0.25) is 0 Å². The first kappa shape index (κ1) is 13.7. The molecule has 1 nitrogen and oxygen atoms in total. The van der Waals surface area contributed by atoms with Gasteiger partial charge in [-0.3, -0.25) is 0 Å². The van der Waals surface area contributed by atoms with E-state index in [9.17, 15) is 9.50 Å². The van der Waals surface area contributed by atoms with Crippen LogP contribution in [0.25, 0.3) is 0 Å². The van der Waals surface area contributed by atoms with Gasteiger partial charge in [0.25, 0.3) is 0 Å². The first-order valence-corrected chi connectivity index (χ1v) is 8.48. The Hall–Kier alpha value is 0.290. The van der Waals surface area contributed by atoms with Crippen LogP contribution in [0.3, 0.4) is 0 Å². The summed E-state index contributed by atoms with van der Waals surface area (Å²) in [5, 5.41) is 10.3. The summed E-state index contributed by atoms with van der Waals surface area (Å²) in [6.45, 7) is 0. The standard InChI is InChI=1S/C12H14BrFOS2/c13-9-2-1-8(10(14)6-9)5-11(15)12-7-16-3-4-17-12/h1-2,6,11-12,15H,3-5,7H2. The molecule has 1 aromatic rings. The fourth-order valence-corrected chi connectivity index (χ4v) is 4.88.